The first-order valence-electron chi connectivity index (χ1n) is 6.49. The summed E-state index contributed by atoms with van der Waals surface area (Å²) in [6.07, 6.45) is 6.38. The van der Waals surface area contributed by atoms with Crippen molar-refractivity contribution < 1.29 is 0 Å². The van der Waals surface area contributed by atoms with E-state index in [0.717, 1.165) is 10.7 Å². The minimum atomic E-state index is -0.202. The van der Waals surface area contributed by atoms with Gasteiger partial charge in [0.2, 0.25) is 0 Å². The van der Waals surface area contributed by atoms with Crippen molar-refractivity contribution in [1.82, 2.24) is 15.0 Å². The van der Waals surface area contributed by atoms with Gasteiger partial charge in [-0.25, -0.2) is 15.6 Å². The quantitative estimate of drug-likeness (QED) is 0.745. The number of nitrogens with zero attached hydrogens (tertiary/aromatic N) is 3. The first-order chi connectivity index (χ1) is 9.74. The summed E-state index contributed by atoms with van der Waals surface area (Å²) in [6, 6.07) is 18.8. The zero-order valence-electron chi connectivity index (χ0n) is 11.6. The first-order valence-corrected chi connectivity index (χ1v) is 8.73. The number of hydrogen-bond acceptors (Lipinski definition) is 2. The van der Waals surface area contributed by atoms with Gasteiger partial charge in [0.15, 0.2) is 0 Å². The molecule has 0 aliphatic rings. The van der Waals surface area contributed by atoms with Gasteiger partial charge in [-0.3, -0.25) is 0 Å². The van der Waals surface area contributed by atoms with Crippen LogP contribution in [0.3, 0.4) is 0 Å². The van der Waals surface area contributed by atoms with Gasteiger partial charge in [-0.1, -0.05) is 47.7 Å². The molecule has 102 valence electrons. The van der Waals surface area contributed by atoms with Crippen LogP contribution in [0.5, 0.6) is 0 Å². The molecule has 3 nitrogen and oxygen atoms in total. The highest BCUT2D eigenvalue weighted by molar-refractivity contribution is 8.15. The van der Waals surface area contributed by atoms with E-state index in [2.05, 4.69) is 71.4 Å². The van der Waals surface area contributed by atoms with Crippen molar-refractivity contribution in [2.45, 2.75) is 5.03 Å². The second kappa shape index (κ2) is 5.51. The number of benzene rings is 2. The normalized spacial score (nSPS) is 11.4. The van der Waals surface area contributed by atoms with Crippen LogP contribution in [0.2, 0.25) is 0 Å². The van der Waals surface area contributed by atoms with Crippen LogP contribution >= 0.6 is 10.9 Å². The number of aromatic nitrogens is 3. The molecule has 0 radical (unpaired) electrons. The standard InChI is InChI=1S/C16H17N3S/c1-20(2)16-12-19(18-17-16)15-10-8-14(9-11-15)13-6-4-3-5-7-13/h3-12,20H,1-2H3. The van der Waals surface area contributed by atoms with Gasteiger partial charge in [-0.05, 0) is 35.8 Å². The molecule has 0 N–H and O–H groups in total. The van der Waals surface area contributed by atoms with Crippen LogP contribution in [0.1, 0.15) is 0 Å². The molecule has 0 spiro atoms. The lowest BCUT2D eigenvalue weighted by atomic mass is 10.1. The smallest absolute Gasteiger partial charge is 0.119 e. The van der Waals surface area contributed by atoms with Crippen LogP contribution in [-0.2, 0) is 0 Å². The van der Waals surface area contributed by atoms with Gasteiger partial charge in [0.1, 0.15) is 5.03 Å². The lowest BCUT2D eigenvalue weighted by Crippen LogP contribution is -1.94. The maximum Gasteiger partial charge on any atom is 0.119 e. The van der Waals surface area contributed by atoms with E-state index < -0.39 is 0 Å². The van der Waals surface area contributed by atoms with Gasteiger partial charge in [0, 0.05) is 0 Å². The fraction of sp³-hybridized carbons (Fsp3) is 0.125. The van der Waals surface area contributed by atoms with E-state index in [1.54, 1.807) is 0 Å². The lowest BCUT2D eigenvalue weighted by Gasteiger charge is -2.04. The average molecular weight is 283 g/mol. The second-order valence-electron chi connectivity index (χ2n) is 4.83. The van der Waals surface area contributed by atoms with E-state index >= 15 is 0 Å². The number of rotatable bonds is 3. The second-order valence-corrected chi connectivity index (χ2v) is 7.08. The van der Waals surface area contributed by atoms with Crippen LogP contribution in [-0.4, -0.2) is 27.5 Å². The van der Waals surface area contributed by atoms with Gasteiger partial charge in [0.25, 0.3) is 0 Å². The highest BCUT2D eigenvalue weighted by Crippen LogP contribution is 2.26. The molecule has 0 amide bonds. The molecule has 3 rings (SSSR count). The molecule has 3 aromatic rings. The van der Waals surface area contributed by atoms with Gasteiger partial charge in [-0.2, -0.15) is 0 Å². The monoisotopic (exact) mass is 283 g/mol. The molecular weight excluding hydrogens is 266 g/mol. The van der Waals surface area contributed by atoms with Crippen molar-refractivity contribution in [3.05, 3.63) is 60.8 Å². The van der Waals surface area contributed by atoms with Crippen molar-refractivity contribution in [1.29, 1.82) is 0 Å². The maximum atomic E-state index is 4.21. The van der Waals surface area contributed by atoms with Crippen molar-refractivity contribution in [3.63, 3.8) is 0 Å². The van der Waals surface area contributed by atoms with Gasteiger partial charge in [0.05, 0.1) is 11.9 Å². The van der Waals surface area contributed by atoms with Crippen LogP contribution < -0.4 is 0 Å². The largest absolute Gasteiger partial charge is 0.220 e. The van der Waals surface area contributed by atoms with Crippen molar-refractivity contribution in [3.8, 4) is 16.8 Å². The SMILES string of the molecule is C[SH](C)c1cn(-c2ccc(-c3ccccc3)cc2)nn1. The Balaban J connectivity index is 1.89. The summed E-state index contributed by atoms with van der Waals surface area (Å²) in [5.41, 5.74) is 3.48. The molecule has 20 heavy (non-hydrogen) atoms. The van der Waals surface area contributed by atoms with Crippen LogP contribution in [0, 0.1) is 0 Å². The molecule has 0 aliphatic heterocycles. The van der Waals surface area contributed by atoms with E-state index in [4.69, 9.17) is 0 Å². The van der Waals surface area contributed by atoms with E-state index in [1.165, 1.54) is 11.1 Å². The molecule has 0 fully saturated rings. The van der Waals surface area contributed by atoms with Gasteiger partial charge in [-0.15, -0.1) is 5.10 Å². The molecule has 0 saturated carbocycles. The van der Waals surface area contributed by atoms with Crippen LogP contribution in [0.4, 0.5) is 0 Å². The zero-order chi connectivity index (χ0) is 13.9. The highest BCUT2D eigenvalue weighted by Gasteiger charge is 2.04. The summed E-state index contributed by atoms with van der Waals surface area (Å²) in [5.74, 6) is 0. The zero-order valence-corrected chi connectivity index (χ0v) is 12.5. The Labute approximate surface area is 121 Å². The molecule has 1 aromatic heterocycles. The fourth-order valence-electron chi connectivity index (χ4n) is 2.02. The third-order valence-electron chi connectivity index (χ3n) is 3.18. The van der Waals surface area contributed by atoms with Gasteiger partial charge >= 0.3 is 0 Å². The van der Waals surface area contributed by atoms with Crippen molar-refractivity contribution in [2.24, 2.45) is 0 Å². The summed E-state index contributed by atoms with van der Waals surface area (Å²) in [6.45, 7) is 0. The Morgan fingerprint density at radius 3 is 2.10 bits per heavy atom. The first kappa shape index (κ1) is 12.9. The molecule has 0 saturated heterocycles. The predicted octanol–water partition coefficient (Wildman–Crippen LogP) is 3.55. The van der Waals surface area contributed by atoms with E-state index in [-0.39, 0.29) is 10.9 Å². The molecule has 0 unspecified atom stereocenters. The lowest BCUT2D eigenvalue weighted by molar-refractivity contribution is 0.796. The summed E-state index contributed by atoms with van der Waals surface area (Å²) in [4.78, 5) is 0. The predicted molar refractivity (Wildman–Crippen MR) is 85.9 cm³/mol. The number of hydrogen-bond donors (Lipinski definition) is 1. The fourth-order valence-corrected chi connectivity index (χ4v) is 2.58. The Hall–Kier alpha value is -2.07. The van der Waals surface area contributed by atoms with E-state index in [9.17, 15) is 0 Å². The average Bonchev–Trinajstić information content (AvgIpc) is 2.98. The molecule has 0 aliphatic carbocycles. The molecular formula is C16H17N3S. The summed E-state index contributed by atoms with van der Waals surface area (Å²) < 4.78 is 1.84. The van der Waals surface area contributed by atoms with Crippen molar-refractivity contribution >= 4 is 10.9 Å². The highest BCUT2D eigenvalue weighted by atomic mass is 32.2. The van der Waals surface area contributed by atoms with Crippen LogP contribution in [0.25, 0.3) is 16.8 Å². The molecule has 1 heterocycles. The molecule has 2 aromatic carbocycles. The van der Waals surface area contributed by atoms with E-state index in [0.29, 0.717) is 0 Å². The third-order valence-corrected chi connectivity index (χ3v) is 4.30. The summed E-state index contributed by atoms with van der Waals surface area (Å²) in [5, 5.41) is 9.48. The Morgan fingerprint density at radius 1 is 0.850 bits per heavy atom. The number of thiol groups is 1. The Kier molecular flexibility index (Phi) is 3.56. The van der Waals surface area contributed by atoms with Gasteiger partial charge < -0.3 is 0 Å². The minimum Gasteiger partial charge on any atom is -0.220 e. The molecule has 0 atom stereocenters. The third kappa shape index (κ3) is 2.60. The Bertz CT molecular complexity index is 687. The Morgan fingerprint density at radius 2 is 1.50 bits per heavy atom. The molecule has 0 bridgehead atoms. The maximum absolute atomic E-state index is 4.21. The van der Waals surface area contributed by atoms with E-state index in [1.807, 2.05) is 16.9 Å². The summed E-state index contributed by atoms with van der Waals surface area (Å²) in [7, 11) is -0.202. The summed E-state index contributed by atoms with van der Waals surface area (Å²) >= 11 is 0. The van der Waals surface area contributed by atoms with Crippen LogP contribution in [0.15, 0.2) is 65.8 Å². The molecule has 4 heteroatoms. The minimum absolute atomic E-state index is 0.202. The topological polar surface area (TPSA) is 30.7 Å². The van der Waals surface area contributed by atoms with Crippen molar-refractivity contribution in [2.75, 3.05) is 12.5 Å².